The van der Waals surface area contributed by atoms with Gasteiger partial charge in [0.1, 0.15) is 0 Å². The van der Waals surface area contributed by atoms with E-state index in [2.05, 4.69) is 0 Å². The molecule has 4 rings (SSSR count). The maximum atomic E-state index is 12.8. The number of hydrogen-bond donors (Lipinski definition) is 0. The number of fused-ring (bicyclic) bond motifs is 2. The van der Waals surface area contributed by atoms with Crippen LogP contribution >= 0.6 is 0 Å². The van der Waals surface area contributed by atoms with Gasteiger partial charge in [-0.2, -0.15) is 0 Å². The van der Waals surface area contributed by atoms with E-state index in [4.69, 9.17) is 28.4 Å². The van der Waals surface area contributed by atoms with E-state index in [1.807, 2.05) is 13.8 Å². The van der Waals surface area contributed by atoms with Gasteiger partial charge in [-0.05, 0) is 64.2 Å². The highest BCUT2D eigenvalue weighted by molar-refractivity contribution is 5.83. The van der Waals surface area contributed by atoms with Crippen LogP contribution < -0.4 is 0 Å². The zero-order valence-corrected chi connectivity index (χ0v) is 24.0. The topological polar surface area (TPSA) is 130 Å². The summed E-state index contributed by atoms with van der Waals surface area (Å²) in [5, 5.41) is 0. The SMILES string of the molecule is CCCCOC(=O)C1CC2OC2CC1C(=O)OCCCCCCOC(=O)C1CC2OC2CC1C(=O)OCCCC. The summed E-state index contributed by atoms with van der Waals surface area (Å²) in [6.07, 6.45) is 8.77. The van der Waals surface area contributed by atoms with Gasteiger partial charge in [0.2, 0.25) is 0 Å². The molecule has 0 bridgehead atoms. The summed E-state index contributed by atoms with van der Waals surface area (Å²) in [5.74, 6) is -3.37. The zero-order chi connectivity index (χ0) is 28.5. The van der Waals surface area contributed by atoms with Crippen LogP contribution in [-0.4, -0.2) is 74.7 Å². The minimum atomic E-state index is -0.513. The molecule has 10 heteroatoms. The van der Waals surface area contributed by atoms with Crippen molar-refractivity contribution in [1.82, 2.24) is 0 Å². The molecule has 2 aliphatic carbocycles. The third-order valence-electron chi connectivity index (χ3n) is 8.51. The number of rotatable bonds is 17. The first-order chi connectivity index (χ1) is 19.4. The number of epoxide rings is 2. The fourth-order valence-electron chi connectivity index (χ4n) is 5.85. The summed E-state index contributed by atoms with van der Waals surface area (Å²) in [4.78, 5) is 50.6. The molecule has 40 heavy (non-hydrogen) atoms. The molecule has 0 amide bonds. The Hall–Kier alpha value is -2.20. The van der Waals surface area contributed by atoms with Crippen molar-refractivity contribution in [3.05, 3.63) is 0 Å². The van der Waals surface area contributed by atoms with Crippen molar-refractivity contribution in [2.75, 3.05) is 26.4 Å². The molecule has 0 radical (unpaired) electrons. The first kappa shape index (κ1) is 30.8. The number of esters is 4. The molecule has 2 saturated heterocycles. The van der Waals surface area contributed by atoms with Gasteiger partial charge in [-0.25, -0.2) is 0 Å². The van der Waals surface area contributed by atoms with Crippen LogP contribution in [0.2, 0.25) is 0 Å². The van der Waals surface area contributed by atoms with E-state index < -0.39 is 23.7 Å². The fourth-order valence-corrected chi connectivity index (χ4v) is 5.85. The molecular formula is C30H46O10. The van der Waals surface area contributed by atoms with Crippen molar-refractivity contribution in [3.8, 4) is 0 Å². The van der Waals surface area contributed by atoms with E-state index in [9.17, 15) is 19.2 Å². The molecule has 10 nitrogen and oxygen atoms in total. The average molecular weight is 567 g/mol. The number of ether oxygens (including phenoxy) is 6. The van der Waals surface area contributed by atoms with Crippen molar-refractivity contribution in [3.63, 3.8) is 0 Å². The maximum Gasteiger partial charge on any atom is 0.309 e. The molecule has 0 aromatic heterocycles. The van der Waals surface area contributed by atoms with E-state index in [1.54, 1.807) is 0 Å². The Balaban J connectivity index is 1.08. The van der Waals surface area contributed by atoms with E-state index in [0.717, 1.165) is 38.5 Å². The van der Waals surface area contributed by atoms with Crippen LogP contribution in [0.3, 0.4) is 0 Å². The predicted molar refractivity (Wildman–Crippen MR) is 142 cm³/mol. The first-order valence-corrected chi connectivity index (χ1v) is 15.4. The minimum absolute atomic E-state index is 0.0498. The van der Waals surface area contributed by atoms with Gasteiger partial charge in [0, 0.05) is 0 Å². The third-order valence-corrected chi connectivity index (χ3v) is 8.51. The molecule has 0 N–H and O–H groups in total. The van der Waals surface area contributed by atoms with Crippen LogP contribution in [0.5, 0.6) is 0 Å². The van der Waals surface area contributed by atoms with E-state index in [1.165, 1.54) is 0 Å². The van der Waals surface area contributed by atoms with Gasteiger partial charge in [0.25, 0.3) is 0 Å². The highest BCUT2D eigenvalue weighted by Gasteiger charge is 2.54. The van der Waals surface area contributed by atoms with Crippen molar-refractivity contribution >= 4 is 23.9 Å². The van der Waals surface area contributed by atoms with E-state index >= 15 is 0 Å². The highest BCUT2D eigenvalue weighted by Crippen LogP contribution is 2.45. The second-order valence-electron chi connectivity index (χ2n) is 11.6. The predicted octanol–water partition coefficient (Wildman–Crippen LogP) is 3.91. The Morgan fingerprint density at radius 3 is 1.02 bits per heavy atom. The van der Waals surface area contributed by atoms with Crippen LogP contribution in [0.15, 0.2) is 0 Å². The van der Waals surface area contributed by atoms with Gasteiger partial charge in [-0.15, -0.1) is 0 Å². The molecule has 2 saturated carbocycles. The molecule has 0 aromatic rings. The smallest absolute Gasteiger partial charge is 0.309 e. The number of hydrogen-bond acceptors (Lipinski definition) is 10. The largest absolute Gasteiger partial charge is 0.465 e. The lowest BCUT2D eigenvalue weighted by Crippen LogP contribution is -2.38. The lowest BCUT2D eigenvalue weighted by atomic mass is 9.79. The molecule has 2 heterocycles. The van der Waals surface area contributed by atoms with Crippen LogP contribution in [0.25, 0.3) is 0 Å². The van der Waals surface area contributed by atoms with Crippen LogP contribution in [-0.2, 0) is 47.6 Å². The molecule has 4 aliphatic rings. The summed E-state index contributed by atoms with van der Waals surface area (Å²) in [7, 11) is 0. The summed E-state index contributed by atoms with van der Waals surface area (Å²) in [5.41, 5.74) is 0. The normalized spacial score (nSPS) is 31.8. The third kappa shape index (κ3) is 8.65. The van der Waals surface area contributed by atoms with Gasteiger partial charge < -0.3 is 28.4 Å². The lowest BCUT2D eigenvalue weighted by Gasteiger charge is -2.26. The van der Waals surface area contributed by atoms with Crippen molar-refractivity contribution in [2.24, 2.45) is 23.7 Å². The second kappa shape index (κ2) is 15.1. The molecule has 2 aliphatic heterocycles. The highest BCUT2D eigenvalue weighted by atomic mass is 16.6. The molecule has 0 aromatic carbocycles. The van der Waals surface area contributed by atoms with Crippen LogP contribution in [0.1, 0.15) is 90.9 Å². The summed E-state index contributed by atoms with van der Waals surface area (Å²) >= 11 is 0. The Morgan fingerprint density at radius 2 is 0.750 bits per heavy atom. The Bertz CT molecular complexity index is 805. The Morgan fingerprint density at radius 1 is 0.475 bits per heavy atom. The van der Waals surface area contributed by atoms with Crippen LogP contribution in [0.4, 0.5) is 0 Å². The van der Waals surface area contributed by atoms with Gasteiger partial charge in [-0.1, -0.05) is 26.7 Å². The zero-order valence-electron chi connectivity index (χ0n) is 24.0. The van der Waals surface area contributed by atoms with E-state index in [0.29, 0.717) is 51.7 Å². The van der Waals surface area contributed by atoms with Gasteiger partial charge in [0.05, 0.1) is 74.5 Å². The minimum Gasteiger partial charge on any atom is -0.465 e. The second-order valence-corrected chi connectivity index (χ2v) is 11.6. The van der Waals surface area contributed by atoms with Gasteiger partial charge in [-0.3, -0.25) is 19.2 Å². The first-order valence-electron chi connectivity index (χ1n) is 15.4. The molecular weight excluding hydrogens is 520 g/mol. The average Bonchev–Trinajstić information content (AvgIpc) is 3.87. The quantitative estimate of drug-likeness (QED) is 0.111. The lowest BCUT2D eigenvalue weighted by molar-refractivity contribution is -0.162. The van der Waals surface area contributed by atoms with Crippen LogP contribution in [0, 0.1) is 23.7 Å². The maximum absolute atomic E-state index is 12.8. The van der Waals surface area contributed by atoms with E-state index in [-0.39, 0.29) is 61.5 Å². The monoisotopic (exact) mass is 566 g/mol. The van der Waals surface area contributed by atoms with Gasteiger partial charge >= 0.3 is 23.9 Å². The molecule has 0 spiro atoms. The summed E-state index contributed by atoms with van der Waals surface area (Å²) in [6, 6.07) is 0. The van der Waals surface area contributed by atoms with Gasteiger partial charge in [0.15, 0.2) is 0 Å². The van der Waals surface area contributed by atoms with Crippen molar-refractivity contribution in [2.45, 2.75) is 115 Å². The molecule has 8 unspecified atom stereocenters. The number of carbonyl (C=O) groups excluding carboxylic acids is 4. The molecule has 226 valence electrons. The molecule has 4 fully saturated rings. The van der Waals surface area contributed by atoms with Crippen molar-refractivity contribution < 1.29 is 47.6 Å². The number of unbranched alkanes of at least 4 members (excludes halogenated alkanes) is 5. The standard InChI is InChI=1S/C30H46O10/c1-3-5-11-35-27(31)19-15-23-25(39-23)17-21(19)29(33)37-13-9-7-8-10-14-38-30(34)22-18-26-24(40-26)16-20(22)28(32)36-12-6-4-2/h19-26H,3-18H2,1-2H3. The summed E-state index contributed by atoms with van der Waals surface area (Å²) < 4.78 is 32.9. The molecule has 8 atom stereocenters. The Labute approximate surface area is 237 Å². The number of carbonyl (C=O) groups is 4. The van der Waals surface area contributed by atoms with Crippen molar-refractivity contribution in [1.29, 1.82) is 0 Å². The Kier molecular flexibility index (Phi) is 11.6. The summed E-state index contributed by atoms with van der Waals surface area (Å²) in [6.45, 7) is 5.38. The fraction of sp³-hybridized carbons (Fsp3) is 0.867.